The fourth-order valence-electron chi connectivity index (χ4n) is 6.13. The lowest BCUT2D eigenvalue weighted by Crippen LogP contribution is -2.50. The lowest BCUT2D eigenvalue weighted by atomic mass is 10.1. The second kappa shape index (κ2) is 12.1. The Morgan fingerprint density at radius 1 is 1.04 bits per heavy atom. The van der Waals surface area contributed by atoms with Crippen molar-refractivity contribution in [1.82, 2.24) is 34.2 Å². The number of rotatable bonds is 6. The van der Waals surface area contributed by atoms with Gasteiger partial charge in [-0.1, -0.05) is 0 Å². The molecule has 1 saturated heterocycles. The average Bonchev–Trinajstić information content (AvgIpc) is 3.86. The minimum atomic E-state index is -0.884. The molecule has 244 valence electrons. The molecule has 2 amide bonds. The highest BCUT2D eigenvalue weighted by Crippen LogP contribution is 2.33. The predicted molar refractivity (Wildman–Crippen MR) is 177 cm³/mol. The molecule has 0 spiro atoms. The molecule has 1 unspecified atom stereocenters. The van der Waals surface area contributed by atoms with Crippen LogP contribution in [0.15, 0.2) is 54.6 Å². The van der Waals surface area contributed by atoms with E-state index < -0.39 is 17.5 Å². The molecule has 4 aromatic heterocycles. The number of aryl methyl sites for hydroxylation is 1. The molecule has 0 radical (unpaired) electrons. The lowest BCUT2D eigenvalue weighted by molar-refractivity contribution is -0.120. The Morgan fingerprint density at radius 2 is 1.85 bits per heavy atom. The standard InChI is InChI=1S/C33H36FN9O3S/c1-33(2,3)46-32(45)41-13-11-40(12-14-41)27-8-7-21(18-36-27)22-16-24(34)23-19-43(38-25(23)17-22)29(28-26-6-5-10-42(26)20-37-28)30(44)39(4)31-35-9-15-47-31/h7-9,15-20,29H,5-6,10-14H2,1-4H3. The predicted octanol–water partition coefficient (Wildman–Crippen LogP) is 5.15. The van der Waals surface area contributed by atoms with E-state index in [1.165, 1.54) is 27.0 Å². The highest BCUT2D eigenvalue weighted by Gasteiger charge is 2.34. The lowest BCUT2D eigenvalue weighted by Gasteiger charge is -2.36. The van der Waals surface area contributed by atoms with Gasteiger partial charge in [0.1, 0.15) is 17.2 Å². The number of carbonyl (C=O) groups excluding carboxylic acids is 2. The molecule has 7 rings (SSSR count). The van der Waals surface area contributed by atoms with Crippen LogP contribution < -0.4 is 9.80 Å². The van der Waals surface area contributed by atoms with Crippen LogP contribution in [0.25, 0.3) is 22.0 Å². The summed E-state index contributed by atoms with van der Waals surface area (Å²) in [5.74, 6) is 0.0795. The molecule has 0 bridgehead atoms. The Hall–Kier alpha value is -4.85. The summed E-state index contributed by atoms with van der Waals surface area (Å²) in [6.45, 7) is 8.74. The van der Waals surface area contributed by atoms with Gasteiger partial charge in [0, 0.05) is 75.0 Å². The number of halogens is 1. The Morgan fingerprint density at radius 3 is 2.55 bits per heavy atom. The zero-order valence-electron chi connectivity index (χ0n) is 26.8. The minimum absolute atomic E-state index is 0.256. The SMILES string of the molecule is CN(C(=O)C(c1ncn2c1CCC2)n1cc2c(F)cc(-c3ccc(N4CCN(C(=O)OC(C)(C)C)CC4)nc3)cc2n1)c1nccs1. The number of piperazine rings is 1. The largest absolute Gasteiger partial charge is 0.444 e. The van der Waals surface area contributed by atoms with Crippen LogP contribution in [0.1, 0.15) is 44.6 Å². The Kier molecular flexibility index (Phi) is 7.90. The molecule has 2 aliphatic heterocycles. The van der Waals surface area contributed by atoms with E-state index in [-0.39, 0.29) is 12.0 Å². The summed E-state index contributed by atoms with van der Waals surface area (Å²) < 4.78 is 24.8. The Bertz CT molecular complexity index is 1920. The number of benzene rings is 1. The quantitative estimate of drug-likeness (QED) is 0.247. The highest BCUT2D eigenvalue weighted by molar-refractivity contribution is 7.13. The van der Waals surface area contributed by atoms with E-state index >= 15 is 4.39 Å². The van der Waals surface area contributed by atoms with Gasteiger partial charge in [-0.25, -0.2) is 24.1 Å². The molecular formula is C33H36FN9O3S. The highest BCUT2D eigenvalue weighted by atomic mass is 32.1. The Balaban J connectivity index is 1.14. The minimum Gasteiger partial charge on any atom is -0.444 e. The number of thiazole rings is 1. The van der Waals surface area contributed by atoms with Crippen molar-refractivity contribution in [3.8, 4) is 11.1 Å². The van der Waals surface area contributed by atoms with Gasteiger partial charge in [-0.05, 0) is 63.4 Å². The van der Waals surface area contributed by atoms with E-state index in [9.17, 15) is 9.59 Å². The number of anilines is 2. The summed E-state index contributed by atoms with van der Waals surface area (Å²) in [6.07, 6.45) is 8.20. The van der Waals surface area contributed by atoms with Gasteiger partial charge in [0.05, 0.1) is 22.9 Å². The average molecular weight is 658 g/mol. The molecule has 12 nitrogen and oxygen atoms in total. The second-order valence-corrected chi connectivity index (χ2v) is 13.7. The molecule has 2 aliphatic rings. The molecule has 0 N–H and O–H groups in total. The van der Waals surface area contributed by atoms with Gasteiger partial charge in [0.2, 0.25) is 0 Å². The zero-order chi connectivity index (χ0) is 32.9. The first-order valence-electron chi connectivity index (χ1n) is 15.6. The van der Waals surface area contributed by atoms with Gasteiger partial charge in [0.15, 0.2) is 11.2 Å². The van der Waals surface area contributed by atoms with Crippen molar-refractivity contribution in [3.63, 3.8) is 0 Å². The fraction of sp³-hybridized carbons (Fsp3) is 0.394. The van der Waals surface area contributed by atoms with Crippen molar-refractivity contribution in [1.29, 1.82) is 0 Å². The van der Waals surface area contributed by atoms with Crippen molar-refractivity contribution in [2.45, 2.75) is 51.8 Å². The number of carbonyl (C=O) groups is 2. The molecule has 0 saturated carbocycles. The first-order chi connectivity index (χ1) is 22.6. The maximum atomic E-state index is 15.7. The first kappa shape index (κ1) is 30.8. The van der Waals surface area contributed by atoms with Crippen LogP contribution in [0.3, 0.4) is 0 Å². The summed E-state index contributed by atoms with van der Waals surface area (Å²) in [5.41, 5.74) is 2.86. The maximum absolute atomic E-state index is 15.7. The first-order valence-corrected chi connectivity index (χ1v) is 16.5. The van der Waals surface area contributed by atoms with Gasteiger partial charge in [-0.15, -0.1) is 11.3 Å². The van der Waals surface area contributed by atoms with Gasteiger partial charge in [-0.3, -0.25) is 14.4 Å². The van der Waals surface area contributed by atoms with E-state index in [1.807, 2.05) is 44.4 Å². The van der Waals surface area contributed by atoms with Crippen molar-refractivity contribution >= 4 is 45.2 Å². The summed E-state index contributed by atoms with van der Waals surface area (Å²) in [4.78, 5) is 45.4. The topological polar surface area (TPSA) is 115 Å². The van der Waals surface area contributed by atoms with Crippen molar-refractivity contribution < 1.29 is 18.7 Å². The van der Waals surface area contributed by atoms with Crippen LogP contribution in [0.4, 0.5) is 20.1 Å². The number of likely N-dealkylation sites (N-methyl/N-ethyl adjacent to an activating group) is 1. The fourth-order valence-corrected chi connectivity index (χ4v) is 6.75. The van der Waals surface area contributed by atoms with Gasteiger partial charge < -0.3 is 19.1 Å². The number of fused-ring (bicyclic) bond motifs is 2. The summed E-state index contributed by atoms with van der Waals surface area (Å²) in [6, 6.07) is 6.21. The van der Waals surface area contributed by atoms with Gasteiger partial charge >= 0.3 is 6.09 Å². The van der Waals surface area contributed by atoms with Crippen molar-refractivity contribution in [3.05, 3.63) is 71.8 Å². The smallest absolute Gasteiger partial charge is 0.410 e. The number of pyridine rings is 1. The van der Waals surface area contributed by atoms with E-state index in [1.54, 1.807) is 36.9 Å². The van der Waals surface area contributed by atoms with E-state index in [4.69, 9.17) is 9.84 Å². The molecule has 1 fully saturated rings. The number of aromatic nitrogens is 6. The molecule has 0 aliphatic carbocycles. The van der Waals surface area contributed by atoms with Crippen LogP contribution >= 0.6 is 11.3 Å². The third kappa shape index (κ3) is 6.04. The molecule has 47 heavy (non-hydrogen) atoms. The number of amides is 2. The van der Waals surface area contributed by atoms with E-state index in [2.05, 4.69) is 24.4 Å². The molecule has 1 aromatic carbocycles. The van der Waals surface area contributed by atoms with Crippen LogP contribution in [0.2, 0.25) is 0 Å². The van der Waals surface area contributed by atoms with Crippen molar-refractivity contribution in [2.75, 3.05) is 43.0 Å². The number of hydrogen-bond donors (Lipinski definition) is 0. The summed E-state index contributed by atoms with van der Waals surface area (Å²) in [5, 5.41) is 7.44. The number of imidazole rings is 1. The van der Waals surface area contributed by atoms with Crippen LogP contribution in [-0.4, -0.2) is 85.0 Å². The molecular weight excluding hydrogens is 621 g/mol. The summed E-state index contributed by atoms with van der Waals surface area (Å²) in [7, 11) is 1.68. The normalized spacial score (nSPS) is 15.6. The maximum Gasteiger partial charge on any atom is 0.410 e. The number of ether oxygens (including phenoxy) is 1. The molecule has 1 atom stereocenters. The zero-order valence-corrected chi connectivity index (χ0v) is 27.6. The number of hydrogen-bond acceptors (Lipinski definition) is 9. The van der Waals surface area contributed by atoms with Crippen LogP contribution in [-0.2, 0) is 22.5 Å². The monoisotopic (exact) mass is 657 g/mol. The second-order valence-electron chi connectivity index (χ2n) is 12.8. The van der Waals surface area contributed by atoms with Crippen molar-refractivity contribution in [2.24, 2.45) is 0 Å². The number of nitrogens with zero attached hydrogens (tertiary/aromatic N) is 9. The molecule has 6 heterocycles. The molecule has 5 aromatic rings. The third-order valence-corrected chi connectivity index (χ3v) is 9.36. The molecule has 14 heteroatoms. The van der Waals surface area contributed by atoms with E-state index in [0.717, 1.165) is 36.5 Å². The summed E-state index contributed by atoms with van der Waals surface area (Å²) >= 11 is 1.36. The van der Waals surface area contributed by atoms with Gasteiger partial charge in [-0.2, -0.15) is 5.10 Å². The van der Waals surface area contributed by atoms with Crippen LogP contribution in [0, 0.1) is 5.82 Å². The van der Waals surface area contributed by atoms with Crippen LogP contribution in [0.5, 0.6) is 0 Å². The third-order valence-electron chi connectivity index (χ3n) is 8.51. The van der Waals surface area contributed by atoms with E-state index in [0.29, 0.717) is 53.5 Å². The Labute approximate surface area is 275 Å². The van der Waals surface area contributed by atoms with Gasteiger partial charge in [0.25, 0.3) is 5.91 Å².